The Morgan fingerprint density at radius 1 is 1.24 bits per heavy atom. The number of aromatic nitrogens is 4. The lowest BCUT2D eigenvalue weighted by Crippen LogP contribution is -2.35. The molecule has 0 saturated carbocycles. The van der Waals surface area contributed by atoms with Crippen molar-refractivity contribution in [1.82, 2.24) is 24.6 Å². The van der Waals surface area contributed by atoms with Gasteiger partial charge < -0.3 is 4.74 Å². The van der Waals surface area contributed by atoms with E-state index < -0.39 is 5.60 Å². The summed E-state index contributed by atoms with van der Waals surface area (Å²) in [4.78, 5) is 19.3. The molecule has 1 unspecified atom stereocenters. The van der Waals surface area contributed by atoms with Gasteiger partial charge in [-0.25, -0.2) is 9.78 Å². The zero-order valence-electron chi connectivity index (χ0n) is 19.8. The molecule has 0 radical (unpaired) electrons. The number of nitrogens with zero attached hydrogens (tertiary/aromatic N) is 5. The Morgan fingerprint density at radius 2 is 2.06 bits per heavy atom. The quantitative estimate of drug-likeness (QED) is 0.416. The van der Waals surface area contributed by atoms with Crippen molar-refractivity contribution in [2.75, 3.05) is 0 Å². The van der Waals surface area contributed by atoms with Crippen LogP contribution in [0, 0.1) is 6.92 Å². The molecule has 0 bridgehead atoms. The van der Waals surface area contributed by atoms with E-state index in [1.54, 1.807) is 16.2 Å². The zero-order chi connectivity index (χ0) is 24.0. The summed E-state index contributed by atoms with van der Waals surface area (Å²) in [6.07, 6.45) is 4.71. The highest BCUT2D eigenvalue weighted by atomic mass is 35.5. The predicted octanol–water partition coefficient (Wildman–Crippen LogP) is 6.29. The number of allylic oxidation sites excluding steroid dienone is 2. The van der Waals surface area contributed by atoms with Gasteiger partial charge >= 0.3 is 6.09 Å². The lowest BCUT2D eigenvalue weighted by molar-refractivity contribution is 0.0214. The molecule has 1 atom stereocenters. The van der Waals surface area contributed by atoms with Crippen LogP contribution in [0.2, 0.25) is 5.02 Å². The van der Waals surface area contributed by atoms with E-state index in [1.807, 2.05) is 45.9 Å². The Bertz CT molecular complexity index is 1270. The minimum atomic E-state index is -0.582. The first-order valence-corrected chi connectivity index (χ1v) is 12.8. The number of ether oxygens (including phenoxy) is 1. The third kappa shape index (κ3) is 4.61. The summed E-state index contributed by atoms with van der Waals surface area (Å²) >= 11 is 8.03. The molecular weight excluding hydrogens is 470 g/mol. The van der Waals surface area contributed by atoms with E-state index >= 15 is 0 Å². The fraction of sp³-hybridized carbons (Fsp3) is 0.440. The topological polar surface area (TPSA) is 73.1 Å². The van der Waals surface area contributed by atoms with Gasteiger partial charge in [0.05, 0.1) is 29.5 Å². The predicted molar refractivity (Wildman–Crippen MR) is 133 cm³/mol. The molecule has 2 aliphatic rings. The fourth-order valence-electron chi connectivity index (χ4n) is 4.56. The first-order chi connectivity index (χ1) is 16.2. The minimum absolute atomic E-state index is 0.237. The molecular formula is C25H28ClN5O2S. The Labute approximate surface area is 208 Å². The maximum Gasteiger partial charge on any atom is 0.411 e. The van der Waals surface area contributed by atoms with Crippen molar-refractivity contribution in [3.05, 3.63) is 62.6 Å². The van der Waals surface area contributed by atoms with Crippen molar-refractivity contribution in [1.29, 1.82) is 0 Å². The molecule has 5 rings (SSSR count). The standard InChI is InChI=1S/C25H28ClN5O2S/c1-15-27-20(14-34-15)16-5-7-17(8-6-16)23-29-28-22-13-30(24(32)33-25(2,3)4)12-18-11-19(26)9-10-21(18)31(22)23/h5,9-11,14,17H,6-8,12-13H2,1-4H3. The van der Waals surface area contributed by atoms with Gasteiger partial charge in [0.15, 0.2) is 5.82 Å². The van der Waals surface area contributed by atoms with Crippen molar-refractivity contribution < 1.29 is 9.53 Å². The molecule has 7 nitrogen and oxygen atoms in total. The summed E-state index contributed by atoms with van der Waals surface area (Å²) in [7, 11) is 0. The highest BCUT2D eigenvalue weighted by molar-refractivity contribution is 7.09. The van der Waals surface area contributed by atoms with Crippen LogP contribution in [-0.2, 0) is 17.8 Å². The SMILES string of the molecule is Cc1nc(C2=CCC(c3nnc4n3-c3ccc(Cl)cc3CN(C(=O)OC(C)(C)C)C4)CC2)cs1. The number of aryl methyl sites for hydroxylation is 1. The van der Waals surface area contributed by atoms with E-state index in [9.17, 15) is 4.79 Å². The van der Waals surface area contributed by atoms with Crippen LogP contribution < -0.4 is 0 Å². The summed E-state index contributed by atoms with van der Waals surface area (Å²) < 4.78 is 7.77. The molecule has 1 amide bonds. The summed E-state index contributed by atoms with van der Waals surface area (Å²) in [6.45, 7) is 8.35. The van der Waals surface area contributed by atoms with E-state index in [0.717, 1.165) is 52.9 Å². The van der Waals surface area contributed by atoms with Gasteiger partial charge in [-0.1, -0.05) is 17.7 Å². The van der Waals surface area contributed by atoms with E-state index in [0.29, 0.717) is 18.1 Å². The van der Waals surface area contributed by atoms with E-state index in [-0.39, 0.29) is 12.0 Å². The third-order valence-corrected chi connectivity index (χ3v) is 7.12. The molecule has 34 heavy (non-hydrogen) atoms. The van der Waals surface area contributed by atoms with Gasteiger partial charge in [0.25, 0.3) is 0 Å². The Hall–Kier alpha value is -2.71. The van der Waals surface area contributed by atoms with Crippen molar-refractivity contribution in [3.8, 4) is 5.69 Å². The molecule has 2 aromatic heterocycles. The Kier molecular flexibility index (Phi) is 5.98. The summed E-state index contributed by atoms with van der Waals surface area (Å²) in [5, 5.41) is 13.0. The van der Waals surface area contributed by atoms with Gasteiger partial charge in [0.2, 0.25) is 0 Å². The van der Waals surface area contributed by atoms with Crippen LogP contribution >= 0.6 is 22.9 Å². The molecule has 0 fully saturated rings. The number of amides is 1. The maximum absolute atomic E-state index is 13.0. The van der Waals surface area contributed by atoms with Crippen LogP contribution in [0.3, 0.4) is 0 Å². The normalized spacial score (nSPS) is 18.1. The number of hydrogen-bond donors (Lipinski definition) is 0. The number of hydrogen-bond acceptors (Lipinski definition) is 6. The molecule has 0 saturated heterocycles. The van der Waals surface area contributed by atoms with E-state index in [2.05, 4.69) is 31.2 Å². The van der Waals surface area contributed by atoms with Crippen LogP contribution in [0.15, 0.2) is 29.7 Å². The van der Waals surface area contributed by atoms with Crippen LogP contribution in [0.5, 0.6) is 0 Å². The Morgan fingerprint density at radius 3 is 2.74 bits per heavy atom. The molecule has 0 spiro atoms. The second kappa shape index (κ2) is 8.82. The maximum atomic E-state index is 13.0. The van der Waals surface area contributed by atoms with Gasteiger partial charge in [-0.15, -0.1) is 21.5 Å². The molecule has 3 heterocycles. The number of thiazole rings is 1. The summed E-state index contributed by atoms with van der Waals surface area (Å²) in [5.74, 6) is 1.89. The number of benzene rings is 1. The van der Waals surface area contributed by atoms with Crippen LogP contribution in [-0.4, -0.2) is 36.3 Å². The third-order valence-electron chi connectivity index (χ3n) is 6.11. The lowest BCUT2D eigenvalue weighted by Gasteiger charge is -2.26. The fourth-order valence-corrected chi connectivity index (χ4v) is 5.39. The van der Waals surface area contributed by atoms with Gasteiger partial charge in [0, 0.05) is 16.3 Å². The summed E-state index contributed by atoms with van der Waals surface area (Å²) in [6, 6.07) is 5.78. The molecule has 1 aromatic carbocycles. The van der Waals surface area contributed by atoms with Gasteiger partial charge in [0.1, 0.15) is 11.4 Å². The smallest absolute Gasteiger partial charge is 0.411 e. The van der Waals surface area contributed by atoms with Gasteiger partial charge in [-0.05, 0) is 76.3 Å². The highest BCUT2D eigenvalue weighted by Gasteiger charge is 2.32. The van der Waals surface area contributed by atoms with Crippen molar-refractivity contribution in [2.24, 2.45) is 0 Å². The average Bonchev–Trinajstić information content (AvgIpc) is 3.35. The van der Waals surface area contributed by atoms with E-state index in [4.69, 9.17) is 16.3 Å². The molecule has 178 valence electrons. The number of halogens is 1. The zero-order valence-corrected chi connectivity index (χ0v) is 21.4. The van der Waals surface area contributed by atoms with Gasteiger partial charge in [-0.3, -0.25) is 9.47 Å². The molecule has 1 aliphatic heterocycles. The summed E-state index contributed by atoms with van der Waals surface area (Å²) in [5.41, 5.74) is 3.73. The van der Waals surface area contributed by atoms with Crippen LogP contribution in [0.4, 0.5) is 4.79 Å². The van der Waals surface area contributed by atoms with Crippen LogP contribution in [0.25, 0.3) is 11.3 Å². The van der Waals surface area contributed by atoms with Crippen LogP contribution in [0.1, 0.15) is 73.9 Å². The lowest BCUT2D eigenvalue weighted by atomic mass is 9.88. The second-order valence-corrected chi connectivity index (χ2v) is 11.4. The monoisotopic (exact) mass is 497 g/mol. The molecule has 1 aliphatic carbocycles. The molecule has 0 N–H and O–H groups in total. The largest absolute Gasteiger partial charge is 0.444 e. The number of carbonyl (C=O) groups is 1. The van der Waals surface area contributed by atoms with Crippen molar-refractivity contribution in [3.63, 3.8) is 0 Å². The number of fused-ring (bicyclic) bond motifs is 3. The number of rotatable bonds is 2. The van der Waals surface area contributed by atoms with Crippen molar-refractivity contribution in [2.45, 2.75) is 71.6 Å². The van der Waals surface area contributed by atoms with Crippen molar-refractivity contribution >= 4 is 34.6 Å². The molecule has 3 aromatic rings. The Balaban J connectivity index is 1.49. The highest BCUT2D eigenvalue weighted by Crippen LogP contribution is 2.38. The first-order valence-electron chi connectivity index (χ1n) is 11.5. The average molecular weight is 498 g/mol. The minimum Gasteiger partial charge on any atom is -0.444 e. The van der Waals surface area contributed by atoms with Gasteiger partial charge in [-0.2, -0.15) is 0 Å². The van der Waals surface area contributed by atoms with E-state index in [1.165, 1.54) is 5.57 Å². The number of carbonyl (C=O) groups excluding carboxylic acids is 1. The second-order valence-electron chi connectivity index (χ2n) is 9.87. The molecule has 9 heteroatoms. The first kappa shape index (κ1) is 23.1.